The molecule has 4 aromatic rings. The molecule has 0 N–H and O–H groups in total. The molecule has 0 saturated carbocycles. The number of nitrogens with zero attached hydrogens (tertiary/aromatic N) is 3. The van der Waals surface area contributed by atoms with Crippen LogP contribution in [0.5, 0.6) is 0 Å². The van der Waals surface area contributed by atoms with Crippen LogP contribution in [0.15, 0.2) is 56.5 Å². The molecular weight excluding hydrogens is 334 g/mol. The van der Waals surface area contributed by atoms with Gasteiger partial charge in [0.15, 0.2) is 11.3 Å². The Bertz CT molecular complexity index is 1090. The van der Waals surface area contributed by atoms with E-state index in [1.54, 1.807) is 11.3 Å². The zero-order valence-electron chi connectivity index (χ0n) is 13.5. The first-order valence-corrected chi connectivity index (χ1v) is 8.88. The topological polar surface area (TPSA) is 60.9 Å². The lowest BCUT2D eigenvalue weighted by molar-refractivity contribution is 0.420. The maximum Gasteiger partial charge on any atom is 0.296 e. The summed E-state index contributed by atoms with van der Waals surface area (Å²) >= 11 is 1.62. The monoisotopic (exact) mass is 349 g/mol. The first kappa shape index (κ1) is 15.5. The summed E-state index contributed by atoms with van der Waals surface area (Å²) in [6.07, 6.45) is 3.78. The van der Waals surface area contributed by atoms with Crippen LogP contribution in [0.1, 0.15) is 18.2 Å². The van der Waals surface area contributed by atoms with E-state index in [4.69, 9.17) is 4.52 Å². The molecule has 0 radical (unpaired) electrons. The molecule has 0 amide bonds. The summed E-state index contributed by atoms with van der Waals surface area (Å²) in [5.41, 5.74) is 2.76. The van der Waals surface area contributed by atoms with E-state index in [2.05, 4.69) is 10.3 Å². The second-order valence-corrected chi connectivity index (χ2v) is 6.28. The average Bonchev–Trinajstić information content (AvgIpc) is 3.31. The van der Waals surface area contributed by atoms with Gasteiger partial charge in [-0.05, 0) is 35.4 Å². The molecule has 0 unspecified atom stereocenters. The van der Waals surface area contributed by atoms with Gasteiger partial charge >= 0.3 is 0 Å². The minimum atomic E-state index is -0.240. The Labute approximate surface area is 147 Å². The van der Waals surface area contributed by atoms with Crippen molar-refractivity contribution in [2.75, 3.05) is 0 Å². The molecule has 4 rings (SSSR count). The van der Waals surface area contributed by atoms with E-state index in [0.29, 0.717) is 28.9 Å². The Morgan fingerprint density at radius 3 is 2.76 bits per heavy atom. The van der Waals surface area contributed by atoms with Crippen LogP contribution in [0.2, 0.25) is 0 Å². The van der Waals surface area contributed by atoms with E-state index < -0.39 is 0 Å². The molecule has 124 valence electrons. The molecule has 3 aromatic heterocycles. The van der Waals surface area contributed by atoms with Gasteiger partial charge in [0.25, 0.3) is 5.56 Å². The molecule has 6 heteroatoms. The Morgan fingerprint density at radius 1 is 1.20 bits per heavy atom. The van der Waals surface area contributed by atoms with Crippen molar-refractivity contribution in [2.24, 2.45) is 0 Å². The first-order chi connectivity index (χ1) is 12.3. The molecule has 0 fully saturated rings. The van der Waals surface area contributed by atoms with E-state index in [-0.39, 0.29) is 5.56 Å². The summed E-state index contributed by atoms with van der Waals surface area (Å²) in [5, 5.41) is 13.2. The van der Waals surface area contributed by atoms with E-state index in [9.17, 15) is 4.79 Å². The number of aryl methyl sites for hydroxylation is 1. The number of benzene rings is 1. The molecule has 0 saturated heterocycles. The van der Waals surface area contributed by atoms with Crippen LogP contribution in [0.3, 0.4) is 0 Å². The van der Waals surface area contributed by atoms with Gasteiger partial charge in [0.2, 0.25) is 0 Å². The standard InChI is InChI=1S/C19H15N3O2S/c1-2-22-19(23)18-16(17(20-22)14-6-4-3-5-7-14)15(24-21-18)9-8-13-10-11-25-12-13/h3-12H,2H2,1H3. The van der Waals surface area contributed by atoms with Crippen LogP contribution in [-0.4, -0.2) is 14.9 Å². The molecule has 25 heavy (non-hydrogen) atoms. The quantitative estimate of drug-likeness (QED) is 0.551. The summed E-state index contributed by atoms with van der Waals surface area (Å²) < 4.78 is 6.89. The predicted molar refractivity (Wildman–Crippen MR) is 100 cm³/mol. The van der Waals surface area contributed by atoms with Gasteiger partial charge in [0.1, 0.15) is 5.69 Å². The van der Waals surface area contributed by atoms with Gasteiger partial charge in [-0.25, -0.2) is 4.68 Å². The fourth-order valence-electron chi connectivity index (χ4n) is 2.68. The smallest absolute Gasteiger partial charge is 0.296 e. The van der Waals surface area contributed by atoms with E-state index in [1.165, 1.54) is 4.68 Å². The van der Waals surface area contributed by atoms with Crippen molar-refractivity contribution in [2.45, 2.75) is 13.5 Å². The molecule has 0 bridgehead atoms. The predicted octanol–water partition coefficient (Wildman–Crippen LogP) is 4.30. The van der Waals surface area contributed by atoms with Crippen molar-refractivity contribution in [3.63, 3.8) is 0 Å². The third-order valence-corrected chi connectivity index (χ3v) is 4.63. The summed E-state index contributed by atoms with van der Waals surface area (Å²) in [6, 6.07) is 11.8. The zero-order chi connectivity index (χ0) is 17.2. The first-order valence-electron chi connectivity index (χ1n) is 7.94. The van der Waals surface area contributed by atoms with Crippen LogP contribution in [0.25, 0.3) is 34.3 Å². The van der Waals surface area contributed by atoms with Crippen molar-refractivity contribution in [1.82, 2.24) is 14.9 Å². The second kappa shape index (κ2) is 6.49. The van der Waals surface area contributed by atoms with Gasteiger partial charge in [0, 0.05) is 12.1 Å². The molecule has 0 atom stereocenters. The van der Waals surface area contributed by atoms with Gasteiger partial charge in [-0.15, -0.1) is 0 Å². The Hall–Kier alpha value is -2.99. The van der Waals surface area contributed by atoms with Crippen molar-refractivity contribution < 1.29 is 4.52 Å². The minimum Gasteiger partial charge on any atom is -0.355 e. The number of thiophene rings is 1. The number of fused-ring (bicyclic) bond motifs is 1. The number of aromatic nitrogens is 3. The molecule has 0 spiro atoms. The van der Waals surface area contributed by atoms with Crippen LogP contribution in [0, 0.1) is 0 Å². The summed E-state index contributed by atoms with van der Waals surface area (Å²) in [6.45, 7) is 2.36. The highest BCUT2D eigenvalue weighted by atomic mass is 32.1. The maximum absolute atomic E-state index is 12.5. The van der Waals surface area contributed by atoms with Gasteiger partial charge < -0.3 is 4.52 Å². The van der Waals surface area contributed by atoms with E-state index >= 15 is 0 Å². The summed E-state index contributed by atoms with van der Waals surface area (Å²) in [5.74, 6) is 0.535. The molecule has 1 aromatic carbocycles. The SMILES string of the molecule is CCn1nc(-c2ccccc2)c2c(C=Cc3ccsc3)onc2c1=O. The number of rotatable bonds is 4. The second-order valence-electron chi connectivity index (χ2n) is 5.50. The van der Waals surface area contributed by atoms with Gasteiger partial charge in [-0.3, -0.25) is 4.79 Å². The zero-order valence-corrected chi connectivity index (χ0v) is 14.4. The van der Waals surface area contributed by atoms with E-state index in [1.807, 2.05) is 66.2 Å². The van der Waals surface area contributed by atoms with Crippen molar-refractivity contribution in [1.29, 1.82) is 0 Å². The van der Waals surface area contributed by atoms with Crippen LogP contribution < -0.4 is 5.56 Å². The van der Waals surface area contributed by atoms with Gasteiger partial charge in [-0.1, -0.05) is 41.6 Å². The van der Waals surface area contributed by atoms with Crippen molar-refractivity contribution >= 4 is 34.4 Å². The van der Waals surface area contributed by atoms with E-state index in [0.717, 1.165) is 11.1 Å². The lowest BCUT2D eigenvalue weighted by Gasteiger charge is -2.06. The van der Waals surface area contributed by atoms with Crippen molar-refractivity contribution in [3.05, 3.63) is 68.8 Å². The Morgan fingerprint density at radius 2 is 2.04 bits per heavy atom. The van der Waals surface area contributed by atoms with Crippen LogP contribution in [-0.2, 0) is 6.54 Å². The van der Waals surface area contributed by atoms with Crippen LogP contribution >= 0.6 is 11.3 Å². The highest BCUT2D eigenvalue weighted by Gasteiger charge is 2.19. The fourth-order valence-corrected chi connectivity index (χ4v) is 3.31. The molecule has 0 aliphatic carbocycles. The number of hydrogen-bond acceptors (Lipinski definition) is 5. The highest BCUT2D eigenvalue weighted by Crippen LogP contribution is 2.28. The third kappa shape index (κ3) is 2.81. The molecule has 0 aliphatic rings. The van der Waals surface area contributed by atoms with Crippen LogP contribution in [0.4, 0.5) is 0 Å². The van der Waals surface area contributed by atoms with Gasteiger partial charge in [0.05, 0.1) is 5.39 Å². The molecule has 5 nitrogen and oxygen atoms in total. The number of hydrogen-bond donors (Lipinski definition) is 0. The highest BCUT2D eigenvalue weighted by molar-refractivity contribution is 7.08. The molecule has 3 heterocycles. The minimum absolute atomic E-state index is 0.240. The van der Waals surface area contributed by atoms with Crippen molar-refractivity contribution in [3.8, 4) is 11.3 Å². The summed E-state index contributed by atoms with van der Waals surface area (Å²) in [4.78, 5) is 12.5. The fraction of sp³-hybridized carbons (Fsp3) is 0.105. The average molecular weight is 349 g/mol. The Kier molecular flexibility index (Phi) is 4.03. The third-order valence-electron chi connectivity index (χ3n) is 3.93. The Balaban J connectivity index is 1.97. The lowest BCUT2D eigenvalue weighted by atomic mass is 10.1. The lowest BCUT2D eigenvalue weighted by Crippen LogP contribution is -2.23. The molecular formula is C19H15N3O2S. The maximum atomic E-state index is 12.5. The normalized spacial score (nSPS) is 11.6. The van der Waals surface area contributed by atoms with Gasteiger partial charge in [-0.2, -0.15) is 16.4 Å². The largest absolute Gasteiger partial charge is 0.355 e. The summed E-state index contributed by atoms with van der Waals surface area (Å²) in [7, 11) is 0. The molecule has 0 aliphatic heterocycles.